The summed E-state index contributed by atoms with van der Waals surface area (Å²) in [5.41, 5.74) is -1.57. The van der Waals surface area contributed by atoms with Crippen LogP contribution in [0.5, 0.6) is 11.5 Å². The third-order valence-corrected chi connectivity index (χ3v) is 3.51. The van der Waals surface area contributed by atoms with Crippen molar-refractivity contribution in [3.8, 4) is 17.6 Å². The maximum Gasteiger partial charge on any atom is 0.295 e. The van der Waals surface area contributed by atoms with Crippen molar-refractivity contribution in [1.82, 2.24) is 9.97 Å². The van der Waals surface area contributed by atoms with E-state index in [1.807, 2.05) is 0 Å². The molecule has 0 aliphatic carbocycles. The van der Waals surface area contributed by atoms with Gasteiger partial charge in [-0.25, -0.2) is 9.37 Å². The van der Waals surface area contributed by atoms with Crippen molar-refractivity contribution in [2.75, 3.05) is 0 Å². The number of hydrogen-bond donors (Lipinski definition) is 1. The highest BCUT2D eigenvalue weighted by Crippen LogP contribution is 2.39. The van der Waals surface area contributed by atoms with Crippen LogP contribution in [0, 0.1) is 30.0 Å². The molecule has 1 aromatic heterocycles. The Morgan fingerprint density at radius 1 is 1.38 bits per heavy atom. The van der Waals surface area contributed by atoms with Gasteiger partial charge in [-0.1, -0.05) is 13.8 Å². The van der Waals surface area contributed by atoms with Crippen molar-refractivity contribution in [2.45, 2.75) is 26.7 Å². The Labute approximate surface area is 135 Å². The quantitative estimate of drug-likeness (QED) is 0.924. The highest BCUT2D eigenvalue weighted by Gasteiger charge is 2.41. The molecule has 0 aliphatic rings. The standard InChI is InChI=1S/C16H14F3N3O2/c1-8(2)16(18,19)14-13(15(23)22-7-21-14)24-12-5-11(17)4-10(6-20)9(12)3/h4-5,7-8H,1-3H3,(H,21,22,23). The number of aromatic amines is 1. The highest BCUT2D eigenvalue weighted by molar-refractivity contribution is 5.48. The van der Waals surface area contributed by atoms with Gasteiger partial charge in [0.25, 0.3) is 11.5 Å². The van der Waals surface area contributed by atoms with E-state index in [1.165, 1.54) is 20.8 Å². The molecule has 0 amide bonds. The zero-order valence-electron chi connectivity index (χ0n) is 13.2. The molecule has 0 aliphatic heterocycles. The monoisotopic (exact) mass is 337 g/mol. The molecule has 1 aromatic carbocycles. The number of nitrogens with one attached hydrogen (secondary N) is 1. The van der Waals surface area contributed by atoms with Gasteiger partial charge in [-0.2, -0.15) is 14.0 Å². The van der Waals surface area contributed by atoms with Gasteiger partial charge in [0.1, 0.15) is 11.6 Å². The number of ether oxygens (including phenoxy) is 1. The van der Waals surface area contributed by atoms with E-state index < -0.39 is 34.7 Å². The summed E-state index contributed by atoms with van der Waals surface area (Å²) in [5.74, 6) is -6.29. The molecule has 0 bridgehead atoms. The first-order valence-electron chi connectivity index (χ1n) is 7.02. The van der Waals surface area contributed by atoms with Crippen LogP contribution in [-0.4, -0.2) is 9.97 Å². The average Bonchev–Trinajstić information content (AvgIpc) is 2.51. The van der Waals surface area contributed by atoms with Crippen LogP contribution in [0.25, 0.3) is 0 Å². The maximum absolute atomic E-state index is 14.3. The van der Waals surface area contributed by atoms with E-state index in [0.29, 0.717) is 0 Å². The molecule has 0 radical (unpaired) electrons. The van der Waals surface area contributed by atoms with Crippen molar-refractivity contribution in [3.63, 3.8) is 0 Å². The van der Waals surface area contributed by atoms with E-state index in [2.05, 4.69) is 9.97 Å². The lowest BCUT2D eigenvalue weighted by Gasteiger charge is -2.21. The number of alkyl halides is 2. The predicted molar refractivity (Wildman–Crippen MR) is 79.5 cm³/mol. The van der Waals surface area contributed by atoms with E-state index >= 15 is 0 Å². The van der Waals surface area contributed by atoms with Gasteiger partial charge in [-0.05, 0) is 13.0 Å². The number of hydrogen-bond acceptors (Lipinski definition) is 4. The molecule has 0 saturated heterocycles. The van der Waals surface area contributed by atoms with E-state index in [-0.39, 0.29) is 16.9 Å². The molecule has 126 valence electrons. The summed E-state index contributed by atoms with van der Waals surface area (Å²) in [4.78, 5) is 17.6. The number of aromatic nitrogens is 2. The smallest absolute Gasteiger partial charge is 0.295 e. The van der Waals surface area contributed by atoms with Crippen molar-refractivity contribution >= 4 is 0 Å². The molecule has 1 N–H and O–H groups in total. The number of halogens is 3. The summed E-state index contributed by atoms with van der Waals surface area (Å²) in [5, 5.41) is 8.97. The second-order valence-corrected chi connectivity index (χ2v) is 5.48. The molecular weight excluding hydrogens is 323 g/mol. The number of rotatable bonds is 4. The van der Waals surface area contributed by atoms with Crippen molar-refractivity contribution in [1.29, 1.82) is 5.26 Å². The normalized spacial score (nSPS) is 11.4. The van der Waals surface area contributed by atoms with Gasteiger partial charge in [0, 0.05) is 17.5 Å². The molecule has 5 nitrogen and oxygen atoms in total. The molecule has 8 heteroatoms. The summed E-state index contributed by atoms with van der Waals surface area (Å²) in [7, 11) is 0. The number of nitriles is 1. The lowest BCUT2D eigenvalue weighted by atomic mass is 10.0. The van der Waals surface area contributed by atoms with Crippen molar-refractivity contribution in [2.24, 2.45) is 5.92 Å². The zero-order valence-corrected chi connectivity index (χ0v) is 13.2. The van der Waals surface area contributed by atoms with E-state index in [4.69, 9.17) is 10.00 Å². The summed E-state index contributed by atoms with van der Waals surface area (Å²) in [6.07, 6.45) is 0.847. The number of H-pyrrole nitrogens is 1. The zero-order chi connectivity index (χ0) is 18.1. The van der Waals surface area contributed by atoms with Crippen LogP contribution in [0.3, 0.4) is 0 Å². The van der Waals surface area contributed by atoms with Crippen LogP contribution in [0.4, 0.5) is 13.2 Å². The topological polar surface area (TPSA) is 78.8 Å². The van der Waals surface area contributed by atoms with Crippen LogP contribution >= 0.6 is 0 Å². The lowest BCUT2D eigenvalue weighted by molar-refractivity contribution is -0.0572. The summed E-state index contributed by atoms with van der Waals surface area (Å²) in [6, 6.07) is 3.67. The largest absolute Gasteiger partial charge is 0.449 e. The second kappa shape index (κ2) is 6.35. The van der Waals surface area contributed by atoms with Crippen LogP contribution in [0.1, 0.15) is 30.7 Å². The molecule has 0 spiro atoms. The van der Waals surface area contributed by atoms with Crippen LogP contribution in [0.2, 0.25) is 0 Å². The van der Waals surface area contributed by atoms with Gasteiger partial charge in [-0.15, -0.1) is 0 Å². The minimum absolute atomic E-state index is 0.0255. The molecule has 0 fully saturated rings. The minimum atomic E-state index is -3.43. The Morgan fingerprint density at radius 3 is 2.62 bits per heavy atom. The molecule has 0 unspecified atom stereocenters. The molecule has 0 saturated carbocycles. The minimum Gasteiger partial charge on any atom is -0.449 e. The first kappa shape index (κ1) is 17.5. The Kier molecular flexibility index (Phi) is 4.64. The fraction of sp³-hybridized carbons (Fsp3) is 0.312. The third-order valence-electron chi connectivity index (χ3n) is 3.51. The molecular formula is C16H14F3N3O2. The van der Waals surface area contributed by atoms with Crippen LogP contribution < -0.4 is 10.3 Å². The first-order chi connectivity index (χ1) is 11.2. The summed E-state index contributed by atoms with van der Waals surface area (Å²) < 4.78 is 47.5. The third kappa shape index (κ3) is 3.11. The fourth-order valence-corrected chi connectivity index (χ4v) is 1.98. The van der Waals surface area contributed by atoms with Gasteiger partial charge in [-0.3, -0.25) is 4.79 Å². The average molecular weight is 337 g/mol. The fourth-order valence-electron chi connectivity index (χ4n) is 1.98. The molecule has 1 heterocycles. The molecule has 2 rings (SSSR count). The van der Waals surface area contributed by atoms with Gasteiger partial charge < -0.3 is 9.72 Å². The predicted octanol–water partition coefficient (Wildman–Crippen LogP) is 3.63. The highest BCUT2D eigenvalue weighted by atomic mass is 19.3. The Bertz CT molecular complexity index is 870. The maximum atomic E-state index is 14.3. The van der Waals surface area contributed by atoms with E-state index in [1.54, 1.807) is 6.07 Å². The summed E-state index contributed by atoms with van der Waals surface area (Å²) >= 11 is 0. The Hall–Kier alpha value is -2.82. The van der Waals surface area contributed by atoms with Gasteiger partial charge in [0.15, 0.2) is 5.69 Å². The molecule has 0 atom stereocenters. The summed E-state index contributed by atoms with van der Waals surface area (Å²) in [6.45, 7) is 4.00. The SMILES string of the molecule is Cc1c(C#N)cc(F)cc1Oc1c(C(F)(F)C(C)C)nc[nH]c1=O. The Balaban J connectivity index is 2.63. The van der Waals surface area contributed by atoms with Crippen molar-refractivity contribution in [3.05, 3.63) is 51.5 Å². The first-order valence-corrected chi connectivity index (χ1v) is 7.02. The van der Waals surface area contributed by atoms with E-state index in [9.17, 15) is 18.0 Å². The Morgan fingerprint density at radius 2 is 2.04 bits per heavy atom. The van der Waals surface area contributed by atoms with Crippen molar-refractivity contribution < 1.29 is 17.9 Å². The van der Waals surface area contributed by atoms with Gasteiger partial charge in [0.2, 0.25) is 5.75 Å². The second-order valence-electron chi connectivity index (χ2n) is 5.48. The van der Waals surface area contributed by atoms with Gasteiger partial charge in [0.05, 0.1) is 18.0 Å². The lowest BCUT2D eigenvalue weighted by Crippen LogP contribution is -2.26. The molecule has 24 heavy (non-hydrogen) atoms. The van der Waals surface area contributed by atoms with Crippen LogP contribution in [-0.2, 0) is 5.92 Å². The van der Waals surface area contributed by atoms with E-state index in [0.717, 1.165) is 18.5 Å². The van der Waals surface area contributed by atoms with Crippen LogP contribution in [0.15, 0.2) is 23.3 Å². The molecule has 2 aromatic rings. The number of benzene rings is 1. The van der Waals surface area contributed by atoms with Gasteiger partial charge >= 0.3 is 0 Å². The number of nitrogens with zero attached hydrogens (tertiary/aromatic N) is 2.